The Hall–Kier alpha value is -0.760. The van der Waals surface area contributed by atoms with Gasteiger partial charge in [0.1, 0.15) is 13.2 Å². The lowest BCUT2D eigenvalue weighted by atomic mass is 10.0. The number of rotatable bonds is 44. The van der Waals surface area contributed by atoms with E-state index in [1.165, 1.54) is 173 Å². The van der Waals surface area contributed by atoms with Gasteiger partial charge in [0.25, 0.3) is 0 Å². The molecule has 1 unspecified atom stereocenters. The third-order valence-electron chi connectivity index (χ3n) is 11.0. The van der Waals surface area contributed by atoms with Crippen LogP contribution in [0.4, 0.5) is 0 Å². The minimum absolute atomic E-state index is 0.0675. The van der Waals surface area contributed by atoms with Gasteiger partial charge in [-0.2, -0.15) is 0 Å². The Morgan fingerprint density at radius 1 is 0.589 bits per heavy atom. The first-order valence-corrected chi connectivity index (χ1v) is 25.5. The van der Waals surface area contributed by atoms with E-state index >= 15 is 0 Å². The lowest BCUT2D eigenvalue weighted by Crippen LogP contribution is -2.46. The number of quaternary nitrogens is 1. The maximum absolute atomic E-state index is 12.9. The molecule has 0 saturated heterocycles. The van der Waals surface area contributed by atoms with Crippen molar-refractivity contribution in [3.05, 3.63) is 12.2 Å². The Labute approximate surface area is 348 Å². The summed E-state index contributed by atoms with van der Waals surface area (Å²) in [4.78, 5) is 23.2. The van der Waals surface area contributed by atoms with Crippen LogP contribution in [0.15, 0.2) is 12.2 Å². The molecule has 0 aliphatic rings. The SMILES string of the molecule is CCCCCCCCCCCCC=CC[C@@H](O)[C@H](COP(=O)(O)OCC[N+](C)(C)C)NC(=O)CCCCCCCCCCCCCCCCCCCCCCC. The van der Waals surface area contributed by atoms with E-state index in [0.717, 1.165) is 32.1 Å². The summed E-state index contributed by atoms with van der Waals surface area (Å²) in [6, 6.07) is -0.804. The topological polar surface area (TPSA) is 105 Å². The molecule has 0 aliphatic carbocycles. The van der Waals surface area contributed by atoms with Gasteiger partial charge in [-0.05, 0) is 25.7 Å². The normalized spacial score (nSPS) is 14.3. The molecular weight excluding hydrogens is 719 g/mol. The Balaban J connectivity index is 4.26. The fraction of sp³-hybridized carbons (Fsp3) is 0.936. The average Bonchev–Trinajstić information content (AvgIpc) is 3.15. The number of carbonyl (C=O) groups excluding carboxylic acids is 1. The summed E-state index contributed by atoms with van der Waals surface area (Å²) in [7, 11) is 1.59. The first-order chi connectivity index (χ1) is 27.0. The number of hydrogen-bond donors (Lipinski definition) is 3. The zero-order valence-corrected chi connectivity index (χ0v) is 38.8. The number of nitrogens with zero attached hydrogens (tertiary/aromatic N) is 1. The van der Waals surface area contributed by atoms with Crippen molar-refractivity contribution in [2.75, 3.05) is 40.9 Å². The van der Waals surface area contributed by atoms with Gasteiger partial charge in [-0.1, -0.05) is 212 Å². The molecule has 3 atom stereocenters. The van der Waals surface area contributed by atoms with Gasteiger partial charge in [0.05, 0.1) is 39.9 Å². The molecule has 0 aromatic rings. The van der Waals surface area contributed by atoms with E-state index < -0.39 is 20.0 Å². The van der Waals surface area contributed by atoms with Gasteiger partial charge < -0.3 is 19.8 Å². The fourth-order valence-electron chi connectivity index (χ4n) is 7.15. The average molecular weight is 816 g/mol. The molecule has 0 aromatic carbocycles. The Morgan fingerprint density at radius 2 is 0.964 bits per heavy atom. The predicted octanol–water partition coefficient (Wildman–Crippen LogP) is 13.5. The first kappa shape index (κ1) is 55.2. The van der Waals surface area contributed by atoms with Crippen LogP contribution in [0.2, 0.25) is 0 Å². The maximum atomic E-state index is 12.9. The lowest BCUT2D eigenvalue weighted by molar-refractivity contribution is -0.870. The lowest BCUT2D eigenvalue weighted by Gasteiger charge is -2.26. The van der Waals surface area contributed by atoms with Crippen LogP contribution in [0, 0.1) is 0 Å². The number of amides is 1. The van der Waals surface area contributed by atoms with Crippen molar-refractivity contribution in [1.29, 1.82) is 0 Å². The molecule has 334 valence electrons. The number of nitrogens with one attached hydrogen (secondary N) is 1. The van der Waals surface area contributed by atoms with Gasteiger partial charge in [0, 0.05) is 6.42 Å². The molecule has 0 fully saturated rings. The molecule has 9 heteroatoms. The number of aliphatic hydroxyl groups is 1. The summed E-state index contributed by atoms with van der Waals surface area (Å²) in [5, 5.41) is 13.9. The van der Waals surface area contributed by atoms with Crippen molar-refractivity contribution in [3.63, 3.8) is 0 Å². The molecule has 0 radical (unpaired) electrons. The first-order valence-electron chi connectivity index (χ1n) is 24.1. The summed E-state index contributed by atoms with van der Waals surface area (Å²) in [6.45, 7) is 4.85. The molecule has 1 amide bonds. The Kier molecular flexibility index (Phi) is 39.1. The van der Waals surface area contributed by atoms with E-state index in [0.29, 0.717) is 23.9 Å². The fourth-order valence-corrected chi connectivity index (χ4v) is 7.89. The molecule has 0 aliphatic heterocycles. The van der Waals surface area contributed by atoms with E-state index in [9.17, 15) is 19.4 Å². The summed E-state index contributed by atoms with van der Waals surface area (Å²) >= 11 is 0. The molecule has 56 heavy (non-hydrogen) atoms. The number of likely N-dealkylation sites (N-methyl/N-ethyl adjacent to an activating group) is 1. The van der Waals surface area contributed by atoms with Crippen LogP contribution in [-0.2, 0) is 18.4 Å². The van der Waals surface area contributed by atoms with E-state index in [4.69, 9.17) is 9.05 Å². The largest absolute Gasteiger partial charge is 0.472 e. The smallest absolute Gasteiger partial charge is 0.391 e. The summed E-state index contributed by atoms with van der Waals surface area (Å²) < 4.78 is 23.6. The Morgan fingerprint density at radius 3 is 1.36 bits per heavy atom. The quantitative estimate of drug-likeness (QED) is 0.0245. The van der Waals surface area contributed by atoms with E-state index in [2.05, 4.69) is 25.2 Å². The van der Waals surface area contributed by atoms with Crippen LogP contribution < -0.4 is 5.32 Å². The van der Waals surface area contributed by atoms with Crippen molar-refractivity contribution in [2.45, 2.75) is 244 Å². The monoisotopic (exact) mass is 816 g/mol. The molecule has 8 nitrogen and oxygen atoms in total. The summed E-state index contributed by atoms with van der Waals surface area (Å²) in [5.41, 5.74) is 0. The van der Waals surface area contributed by atoms with Gasteiger partial charge in [0.15, 0.2) is 0 Å². The van der Waals surface area contributed by atoms with Gasteiger partial charge >= 0.3 is 7.82 Å². The van der Waals surface area contributed by atoms with Crippen LogP contribution in [0.1, 0.15) is 232 Å². The van der Waals surface area contributed by atoms with Gasteiger partial charge in [0.2, 0.25) is 5.91 Å². The highest BCUT2D eigenvalue weighted by Gasteiger charge is 2.28. The molecule has 3 N–H and O–H groups in total. The highest BCUT2D eigenvalue weighted by atomic mass is 31.2. The van der Waals surface area contributed by atoms with Crippen molar-refractivity contribution in [2.24, 2.45) is 0 Å². The number of aliphatic hydroxyl groups excluding tert-OH is 1. The molecule has 0 aromatic heterocycles. The third kappa shape index (κ3) is 41.4. The minimum Gasteiger partial charge on any atom is -0.391 e. The van der Waals surface area contributed by atoms with Crippen LogP contribution in [0.5, 0.6) is 0 Å². The number of carbonyl (C=O) groups is 1. The standard InChI is InChI=1S/C47H95N2O6P/c1-6-8-10-12-14-16-18-20-21-22-23-24-25-26-27-29-31-33-35-37-39-41-47(51)48-45(44-55-56(52,53)54-43-42-49(3,4)5)46(50)40-38-36-34-32-30-28-19-17-15-13-11-9-7-2/h36,38,45-46,50H,6-35,37,39-44H2,1-5H3,(H-,48,51,52,53)/p+1/t45-,46+/m0/s1. The van der Waals surface area contributed by atoms with Crippen LogP contribution >= 0.6 is 7.82 Å². The molecule has 0 saturated carbocycles. The van der Waals surface area contributed by atoms with Crippen molar-refractivity contribution >= 4 is 13.7 Å². The number of phosphoric ester groups is 1. The molecule has 0 rings (SSSR count). The van der Waals surface area contributed by atoms with Gasteiger partial charge in [-0.15, -0.1) is 0 Å². The molecule has 0 spiro atoms. The van der Waals surface area contributed by atoms with E-state index in [1.807, 2.05) is 27.2 Å². The summed E-state index contributed by atoms with van der Waals surface area (Å²) in [6.07, 6.45) is 45.5. The van der Waals surface area contributed by atoms with E-state index in [-0.39, 0.29) is 19.1 Å². The van der Waals surface area contributed by atoms with Gasteiger partial charge in [-0.3, -0.25) is 13.8 Å². The highest BCUT2D eigenvalue weighted by molar-refractivity contribution is 7.47. The number of unbranched alkanes of at least 4 members (excludes halogenated alkanes) is 30. The third-order valence-corrected chi connectivity index (χ3v) is 12.0. The Bertz CT molecular complexity index is 927. The van der Waals surface area contributed by atoms with Crippen molar-refractivity contribution in [3.8, 4) is 0 Å². The second kappa shape index (κ2) is 39.7. The predicted molar refractivity (Wildman–Crippen MR) is 240 cm³/mol. The second-order valence-corrected chi connectivity index (χ2v) is 19.3. The van der Waals surface area contributed by atoms with Crippen LogP contribution in [0.25, 0.3) is 0 Å². The zero-order chi connectivity index (χ0) is 41.4. The number of hydrogen-bond acceptors (Lipinski definition) is 5. The van der Waals surface area contributed by atoms with Gasteiger partial charge in [-0.25, -0.2) is 4.57 Å². The molecular formula is C47H96N2O6P+. The highest BCUT2D eigenvalue weighted by Crippen LogP contribution is 2.43. The maximum Gasteiger partial charge on any atom is 0.472 e. The zero-order valence-electron chi connectivity index (χ0n) is 37.9. The van der Waals surface area contributed by atoms with Crippen LogP contribution in [-0.4, -0.2) is 73.4 Å². The van der Waals surface area contributed by atoms with Crippen molar-refractivity contribution < 1.29 is 32.9 Å². The van der Waals surface area contributed by atoms with Crippen molar-refractivity contribution in [1.82, 2.24) is 5.32 Å². The number of allylic oxidation sites excluding steroid dienone is 1. The number of phosphoric acid groups is 1. The van der Waals surface area contributed by atoms with E-state index in [1.54, 1.807) is 0 Å². The minimum atomic E-state index is -4.33. The summed E-state index contributed by atoms with van der Waals surface area (Å²) in [5.74, 6) is -0.163. The second-order valence-electron chi connectivity index (χ2n) is 17.9. The molecule has 0 bridgehead atoms. The molecule has 0 heterocycles. The van der Waals surface area contributed by atoms with Crippen LogP contribution in [0.3, 0.4) is 0 Å².